The van der Waals surface area contributed by atoms with E-state index in [1.54, 1.807) is 13.0 Å². The number of oxazole rings is 1. The summed E-state index contributed by atoms with van der Waals surface area (Å²) in [6.45, 7) is 1.72. The maximum Gasteiger partial charge on any atom is 0.233 e. The zero-order valence-electron chi connectivity index (χ0n) is 6.98. The zero-order valence-corrected chi connectivity index (χ0v) is 6.98. The van der Waals surface area contributed by atoms with Gasteiger partial charge >= 0.3 is 0 Å². The highest BCUT2D eigenvalue weighted by Gasteiger charge is 2.16. The maximum absolute atomic E-state index is 11.6. The molecule has 0 bridgehead atoms. The Hall–Kier alpha value is -1.84. The SMILES string of the molecule is Cc1ncoc1C(=O)c1ccoc1. The number of aryl methyl sites for hydroxylation is 1. The first-order chi connectivity index (χ1) is 6.29. The summed E-state index contributed by atoms with van der Waals surface area (Å²) in [7, 11) is 0. The van der Waals surface area contributed by atoms with Gasteiger partial charge < -0.3 is 8.83 Å². The van der Waals surface area contributed by atoms with Crippen LogP contribution in [0.3, 0.4) is 0 Å². The molecule has 0 radical (unpaired) electrons. The van der Waals surface area contributed by atoms with Gasteiger partial charge in [-0.25, -0.2) is 4.98 Å². The van der Waals surface area contributed by atoms with Gasteiger partial charge in [0.1, 0.15) is 6.26 Å². The summed E-state index contributed by atoms with van der Waals surface area (Å²) in [5.74, 6) is 0.0603. The van der Waals surface area contributed by atoms with E-state index in [1.165, 1.54) is 18.9 Å². The van der Waals surface area contributed by atoms with E-state index in [0.717, 1.165) is 0 Å². The fourth-order valence-electron chi connectivity index (χ4n) is 1.04. The van der Waals surface area contributed by atoms with Gasteiger partial charge in [0.25, 0.3) is 0 Å². The van der Waals surface area contributed by atoms with Crippen LogP contribution in [0, 0.1) is 6.92 Å². The van der Waals surface area contributed by atoms with Crippen molar-refractivity contribution >= 4 is 5.78 Å². The van der Waals surface area contributed by atoms with Gasteiger partial charge in [0.15, 0.2) is 12.2 Å². The average Bonchev–Trinajstić information content (AvgIpc) is 2.72. The molecule has 0 aliphatic carbocycles. The van der Waals surface area contributed by atoms with E-state index >= 15 is 0 Å². The molecule has 66 valence electrons. The molecule has 13 heavy (non-hydrogen) atoms. The Morgan fingerprint density at radius 3 is 2.92 bits per heavy atom. The van der Waals surface area contributed by atoms with Crippen molar-refractivity contribution in [2.45, 2.75) is 6.92 Å². The van der Waals surface area contributed by atoms with E-state index in [9.17, 15) is 4.79 Å². The first-order valence-corrected chi connectivity index (χ1v) is 3.76. The third-order valence-corrected chi connectivity index (χ3v) is 1.74. The number of carbonyl (C=O) groups is 1. The predicted octanol–water partition coefficient (Wildman–Crippen LogP) is 1.81. The van der Waals surface area contributed by atoms with Crippen molar-refractivity contribution in [1.29, 1.82) is 0 Å². The third-order valence-electron chi connectivity index (χ3n) is 1.74. The Bertz CT molecular complexity index is 414. The van der Waals surface area contributed by atoms with Gasteiger partial charge in [-0.3, -0.25) is 4.79 Å². The van der Waals surface area contributed by atoms with Crippen molar-refractivity contribution in [3.63, 3.8) is 0 Å². The normalized spacial score (nSPS) is 10.2. The van der Waals surface area contributed by atoms with Gasteiger partial charge in [-0.1, -0.05) is 0 Å². The first-order valence-electron chi connectivity index (χ1n) is 3.76. The van der Waals surface area contributed by atoms with Crippen LogP contribution < -0.4 is 0 Å². The molecule has 0 aliphatic rings. The van der Waals surface area contributed by atoms with Crippen molar-refractivity contribution in [3.8, 4) is 0 Å². The van der Waals surface area contributed by atoms with Crippen LogP contribution in [0.1, 0.15) is 21.8 Å². The molecular formula is C9H7NO3. The van der Waals surface area contributed by atoms with Crippen LogP contribution in [0.2, 0.25) is 0 Å². The molecule has 0 atom stereocenters. The monoisotopic (exact) mass is 177 g/mol. The van der Waals surface area contributed by atoms with Gasteiger partial charge in [-0.05, 0) is 13.0 Å². The highest BCUT2D eigenvalue weighted by molar-refractivity contribution is 6.07. The van der Waals surface area contributed by atoms with E-state index in [2.05, 4.69) is 4.98 Å². The minimum absolute atomic E-state index is 0.205. The van der Waals surface area contributed by atoms with Gasteiger partial charge in [-0.15, -0.1) is 0 Å². The predicted molar refractivity (Wildman–Crippen MR) is 43.4 cm³/mol. The van der Waals surface area contributed by atoms with E-state index < -0.39 is 0 Å². The van der Waals surface area contributed by atoms with Crippen molar-refractivity contribution in [3.05, 3.63) is 42.0 Å². The highest BCUT2D eigenvalue weighted by Crippen LogP contribution is 2.12. The quantitative estimate of drug-likeness (QED) is 0.656. The molecule has 0 N–H and O–H groups in total. The lowest BCUT2D eigenvalue weighted by Crippen LogP contribution is -1.99. The number of rotatable bonds is 2. The standard InChI is InChI=1S/C9H7NO3/c1-6-9(13-5-10-6)8(11)7-2-3-12-4-7/h2-5H,1H3. The van der Waals surface area contributed by atoms with Crippen LogP contribution in [-0.4, -0.2) is 10.8 Å². The maximum atomic E-state index is 11.6. The third kappa shape index (κ3) is 1.26. The van der Waals surface area contributed by atoms with Crippen molar-refractivity contribution in [2.24, 2.45) is 0 Å². The minimum atomic E-state index is -0.205. The van der Waals surface area contributed by atoms with E-state index in [1.807, 2.05) is 0 Å². The molecule has 0 unspecified atom stereocenters. The lowest BCUT2D eigenvalue weighted by molar-refractivity contribution is 0.101. The van der Waals surface area contributed by atoms with E-state index in [-0.39, 0.29) is 11.5 Å². The number of nitrogens with zero attached hydrogens (tertiary/aromatic N) is 1. The molecule has 0 amide bonds. The summed E-state index contributed by atoms with van der Waals surface area (Å²) in [6.07, 6.45) is 4.08. The van der Waals surface area contributed by atoms with Crippen molar-refractivity contribution in [1.82, 2.24) is 4.98 Å². The molecule has 2 aromatic rings. The fourth-order valence-corrected chi connectivity index (χ4v) is 1.04. The lowest BCUT2D eigenvalue weighted by atomic mass is 10.1. The fraction of sp³-hybridized carbons (Fsp3) is 0.111. The topological polar surface area (TPSA) is 56.2 Å². The Morgan fingerprint density at radius 1 is 1.54 bits per heavy atom. The smallest absolute Gasteiger partial charge is 0.233 e. The second-order valence-corrected chi connectivity index (χ2v) is 2.61. The molecule has 4 heteroatoms. The lowest BCUT2D eigenvalue weighted by Gasteiger charge is -1.91. The Kier molecular flexibility index (Phi) is 1.73. The van der Waals surface area contributed by atoms with E-state index in [4.69, 9.17) is 8.83 Å². The minimum Gasteiger partial charge on any atom is -0.472 e. The number of aromatic nitrogens is 1. The summed E-state index contributed by atoms with van der Waals surface area (Å²) in [5.41, 5.74) is 1.06. The van der Waals surface area contributed by atoms with Crippen LogP contribution in [0.25, 0.3) is 0 Å². The first kappa shape index (κ1) is 7.79. The number of hydrogen-bond donors (Lipinski definition) is 0. The molecule has 0 spiro atoms. The second kappa shape index (κ2) is 2.90. The molecule has 0 aliphatic heterocycles. The van der Waals surface area contributed by atoms with Gasteiger partial charge in [0.05, 0.1) is 17.5 Å². The number of ketones is 1. The molecule has 0 saturated heterocycles. The molecule has 2 rings (SSSR count). The van der Waals surface area contributed by atoms with Crippen LogP contribution >= 0.6 is 0 Å². The molecule has 2 aromatic heterocycles. The van der Waals surface area contributed by atoms with E-state index in [0.29, 0.717) is 11.3 Å². The van der Waals surface area contributed by atoms with Gasteiger partial charge in [0.2, 0.25) is 5.78 Å². The van der Waals surface area contributed by atoms with Crippen LogP contribution in [0.4, 0.5) is 0 Å². The number of furan rings is 1. The summed E-state index contributed by atoms with van der Waals surface area (Å²) in [4.78, 5) is 15.4. The van der Waals surface area contributed by atoms with Gasteiger partial charge in [-0.2, -0.15) is 0 Å². The summed E-state index contributed by atoms with van der Waals surface area (Å²) >= 11 is 0. The molecule has 0 fully saturated rings. The molecule has 0 aromatic carbocycles. The largest absolute Gasteiger partial charge is 0.472 e. The van der Waals surface area contributed by atoms with Crippen LogP contribution in [0.15, 0.2) is 33.8 Å². The summed E-state index contributed by atoms with van der Waals surface area (Å²) in [5, 5.41) is 0. The molecule has 2 heterocycles. The highest BCUT2D eigenvalue weighted by atomic mass is 16.3. The van der Waals surface area contributed by atoms with Crippen molar-refractivity contribution in [2.75, 3.05) is 0 Å². The van der Waals surface area contributed by atoms with Crippen LogP contribution in [0.5, 0.6) is 0 Å². The summed E-state index contributed by atoms with van der Waals surface area (Å²) in [6, 6.07) is 1.59. The molecular weight excluding hydrogens is 170 g/mol. The average molecular weight is 177 g/mol. The zero-order chi connectivity index (χ0) is 9.26. The number of carbonyl (C=O) groups excluding carboxylic acids is 1. The van der Waals surface area contributed by atoms with Crippen molar-refractivity contribution < 1.29 is 13.6 Å². The number of hydrogen-bond acceptors (Lipinski definition) is 4. The Balaban J connectivity index is 2.39. The van der Waals surface area contributed by atoms with Gasteiger partial charge in [0, 0.05) is 0 Å². The summed E-state index contributed by atoms with van der Waals surface area (Å²) < 4.78 is 9.74. The molecule has 0 saturated carbocycles. The molecule has 4 nitrogen and oxygen atoms in total. The Morgan fingerprint density at radius 2 is 2.38 bits per heavy atom. The second-order valence-electron chi connectivity index (χ2n) is 2.61. The van der Waals surface area contributed by atoms with Crippen LogP contribution in [-0.2, 0) is 0 Å². The Labute approximate surface area is 74.2 Å².